The largest absolute Gasteiger partial charge is 0.314 e. The van der Waals surface area contributed by atoms with E-state index in [-0.39, 0.29) is 5.75 Å². The fourth-order valence-corrected chi connectivity index (χ4v) is 2.60. The van der Waals surface area contributed by atoms with E-state index >= 15 is 0 Å². The number of rotatable bonds is 8. The second-order valence-electron chi connectivity index (χ2n) is 4.25. The molecule has 0 amide bonds. The van der Waals surface area contributed by atoms with Crippen LogP contribution < -0.4 is 5.32 Å². The van der Waals surface area contributed by atoms with E-state index in [9.17, 15) is 8.42 Å². The summed E-state index contributed by atoms with van der Waals surface area (Å²) in [6.07, 6.45) is 1.26. The van der Waals surface area contributed by atoms with Gasteiger partial charge in [-0.05, 0) is 29.4 Å². The van der Waals surface area contributed by atoms with Gasteiger partial charge in [-0.15, -0.1) is 0 Å². The normalized spacial score (nSPS) is 12.2. The maximum absolute atomic E-state index is 10.9. The first-order valence-electron chi connectivity index (χ1n) is 5.55. The molecule has 0 aliphatic rings. The van der Waals surface area contributed by atoms with Crippen LogP contribution in [0, 0.1) is 0 Å². The molecule has 17 heavy (non-hydrogen) atoms. The molecule has 98 valence electrons. The van der Waals surface area contributed by atoms with E-state index in [2.05, 4.69) is 34.1 Å². The molecular formula is C11H20N2O2S2. The van der Waals surface area contributed by atoms with Gasteiger partial charge in [0.05, 0.1) is 5.75 Å². The molecule has 0 aromatic carbocycles. The van der Waals surface area contributed by atoms with Crippen molar-refractivity contribution in [2.45, 2.75) is 6.54 Å². The molecule has 1 heterocycles. The van der Waals surface area contributed by atoms with Gasteiger partial charge in [-0.1, -0.05) is 0 Å². The summed E-state index contributed by atoms with van der Waals surface area (Å²) >= 11 is 1.71. The first-order valence-corrected chi connectivity index (χ1v) is 8.56. The van der Waals surface area contributed by atoms with Crippen molar-refractivity contribution in [2.24, 2.45) is 0 Å². The maximum atomic E-state index is 10.9. The number of likely N-dealkylation sites (N-methyl/N-ethyl adjacent to an activating group) is 1. The summed E-state index contributed by atoms with van der Waals surface area (Å²) in [6, 6.07) is 2.12. The number of sulfone groups is 1. The van der Waals surface area contributed by atoms with Gasteiger partial charge < -0.3 is 10.2 Å². The third-order valence-corrected chi connectivity index (χ3v) is 4.03. The van der Waals surface area contributed by atoms with Crippen molar-refractivity contribution in [3.63, 3.8) is 0 Å². The van der Waals surface area contributed by atoms with Crippen LogP contribution in [0.5, 0.6) is 0 Å². The minimum atomic E-state index is -2.84. The molecule has 0 saturated heterocycles. The Morgan fingerprint density at radius 2 is 2.18 bits per heavy atom. The van der Waals surface area contributed by atoms with Gasteiger partial charge >= 0.3 is 0 Å². The van der Waals surface area contributed by atoms with Crippen LogP contribution in [0.2, 0.25) is 0 Å². The molecule has 0 aliphatic carbocycles. The highest BCUT2D eigenvalue weighted by Gasteiger charge is 2.02. The summed E-state index contributed by atoms with van der Waals surface area (Å²) in [4.78, 5) is 2.22. The average Bonchev–Trinajstić information content (AvgIpc) is 2.68. The van der Waals surface area contributed by atoms with E-state index < -0.39 is 9.84 Å². The van der Waals surface area contributed by atoms with E-state index in [1.165, 1.54) is 11.8 Å². The molecule has 0 spiro atoms. The van der Waals surface area contributed by atoms with Gasteiger partial charge in [0.15, 0.2) is 0 Å². The van der Waals surface area contributed by atoms with E-state index in [1.807, 2.05) is 0 Å². The lowest BCUT2D eigenvalue weighted by Gasteiger charge is -2.15. The second kappa shape index (κ2) is 7.10. The van der Waals surface area contributed by atoms with Crippen LogP contribution in [0.15, 0.2) is 16.8 Å². The summed E-state index contributed by atoms with van der Waals surface area (Å²) in [5.41, 5.74) is 1.33. The maximum Gasteiger partial charge on any atom is 0.148 e. The molecule has 0 bridgehead atoms. The van der Waals surface area contributed by atoms with Crippen molar-refractivity contribution in [1.29, 1.82) is 0 Å². The molecule has 1 aromatic rings. The van der Waals surface area contributed by atoms with Gasteiger partial charge in [-0.25, -0.2) is 8.42 Å². The van der Waals surface area contributed by atoms with Gasteiger partial charge in [0.2, 0.25) is 0 Å². The van der Waals surface area contributed by atoms with Crippen molar-refractivity contribution in [2.75, 3.05) is 38.7 Å². The summed E-state index contributed by atoms with van der Waals surface area (Å²) < 4.78 is 21.8. The predicted octanol–water partition coefficient (Wildman–Crippen LogP) is 0.814. The third-order valence-electron chi connectivity index (χ3n) is 2.35. The van der Waals surface area contributed by atoms with E-state index in [4.69, 9.17) is 0 Å². The molecule has 0 radical (unpaired) electrons. The quantitative estimate of drug-likeness (QED) is 0.714. The molecular weight excluding hydrogens is 256 g/mol. The van der Waals surface area contributed by atoms with Gasteiger partial charge in [0.1, 0.15) is 9.84 Å². The monoisotopic (exact) mass is 276 g/mol. The molecule has 4 nitrogen and oxygen atoms in total. The van der Waals surface area contributed by atoms with Crippen molar-refractivity contribution in [3.05, 3.63) is 22.4 Å². The zero-order valence-electron chi connectivity index (χ0n) is 10.3. The first-order chi connectivity index (χ1) is 7.97. The van der Waals surface area contributed by atoms with Crippen molar-refractivity contribution in [1.82, 2.24) is 10.2 Å². The van der Waals surface area contributed by atoms with Gasteiger partial charge in [-0.3, -0.25) is 0 Å². The Labute approximate surface area is 108 Å². The Hall–Kier alpha value is -0.430. The Kier molecular flexibility index (Phi) is 6.11. The van der Waals surface area contributed by atoms with Crippen LogP contribution in [-0.4, -0.2) is 52.0 Å². The standard InChI is InChI=1S/C11H20N2O2S2/c1-13(9-11-3-7-16-10-11)6-4-12-5-8-17(2,14)15/h3,7,10,12H,4-6,8-9H2,1-2H3. The highest BCUT2D eigenvalue weighted by Crippen LogP contribution is 2.07. The third kappa shape index (κ3) is 7.49. The fourth-order valence-electron chi connectivity index (χ4n) is 1.43. The van der Waals surface area contributed by atoms with Crippen molar-refractivity contribution >= 4 is 21.2 Å². The lowest BCUT2D eigenvalue weighted by Crippen LogP contribution is -2.31. The van der Waals surface area contributed by atoms with Crippen LogP contribution in [0.3, 0.4) is 0 Å². The van der Waals surface area contributed by atoms with Crippen LogP contribution in [0.25, 0.3) is 0 Å². The summed E-state index contributed by atoms with van der Waals surface area (Å²) in [6.45, 7) is 3.21. The summed E-state index contributed by atoms with van der Waals surface area (Å²) in [5, 5.41) is 7.36. The number of thiophene rings is 1. The Bertz CT molecular complexity index is 401. The Morgan fingerprint density at radius 3 is 2.76 bits per heavy atom. The molecule has 1 aromatic heterocycles. The van der Waals surface area contributed by atoms with Crippen molar-refractivity contribution in [3.8, 4) is 0 Å². The minimum absolute atomic E-state index is 0.210. The molecule has 0 fully saturated rings. The zero-order valence-corrected chi connectivity index (χ0v) is 12.0. The number of nitrogens with zero attached hydrogens (tertiary/aromatic N) is 1. The Balaban J connectivity index is 2.06. The lowest BCUT2D eigenvalue weighted by atomic mass is 10.3. The number of nitrogens with one attached hydrogen (secondary N) is 1. The molecule has 0 saturated carbocycles. The SMILES string of the molecule is CN(CCNCCS(C)(=O)=O)Cc1ccsc1. The first kappa shape index (κ1) is 14.6. The summed E-state index contributed by atoms with van der Waals surface area (Å²) in [7, 11) is -0.775. The smallest absolute Gasteiger partial charge is 0.148 e. The molecule has 0 aliphatic heterocycles. The molecule has 6 heteroatoms. The van der Waals surface area contributed by atoms with Gasteiger partial charge in [-0.2, -0.15) is 11.3 Å². The predicted molar refractivity (Wildman–Crippen MR) is 73.2 cm³/mol. The topological polar surface area (TPSA) is 49.4 Å². The molecule has 0 unspecified atom stereocenters. The zero-order chi connectivity index (χ0) is 12.7. The van der Waals surface area contributed by atoms with Gasteiger partial charge in [0, 0.05) is 32.4 Å². The number of hydrogen-bond acceptors (Lipinski definition) is 5. The molecule has 1 rings (SSSR count). The van der Waals surface area contributed by atoms with Crippen LogP contribution in [0.1, 0.15) is 5.56 Å². The van der Waals surface area contributed by atoms with Gasteiger partial charge in [0.25, 0.3) is 0 Å². The molecule has 1 N–H and O–H groups in total. The van der Waals surface area contributed by atoms with Crippen LogP contribution in [0.4, 0.5) is 0 Å². The highest BCUT2D eigenvalue weighted by molar-refractivity contribution is 7.90. The number of hydrogen-bond donors (Lipinski definition) is 1. The summed E-state index contributed by atoms with van der Waals surface area (Å²) in [5.74, 6) is 0.210. The average molecular weight is 276 g/mol. The van der Waals surface area contributed by atoms with E-state index in [0.717, 1.165) is 19.6 Å². The molecule has 0 atom stereocenters. The highest BCUT2D eigenvalue weighted by atomic mass is 32.2. The second-order valence-corrected chi connectivity index (χ2v) is 7.29. The Morgan fingerprint density at radius 1 is 1.41 bits per heavy atom. The van der Waals surface area contributed by atoms with E-state index in [1.54, 1.807) is 11.3 Å². The van der Waals surface area contributed by atoms with Crippen LogP contribution >= 0.6 is 11.3 Å². The fraction of sp³-hybridized carbons (Fsp3) is 0.636. The van der Waals surface area contributed by atoms with Crippen molar-refractivity contribution < 1.29 is 8.42 Å². The van der Waals surface area contributed by atoms with E-state index in [0.29, 0.717) is 6.54 Å². The van der Waals surface area contributed by atoms with Crippen LogP contribution in [-0.2, 0) is 16.4 Å². The lowest BCUT2D eigenvalue weighted by molar-refractivity contribution is 0.326. The minimum Gasteiger partial charge on any atom is -0.314 e.